The average Bonchev–Trinajstić information content (AvgIpc) is 3.24. The van der Waals surface area contributed by atoms with Gasteiger partial charge >= 0.3 is 0 Å². The van der Waals surface area contributed by atoms with Crippen LogP contribution in [0.25, 0.3) is 0 Å². The number of amides is 2. The molecule has 140 valence electrons. The lowest BCUT2D eigenvalue weighted by Gasteiger charge is -2.37. The minimum absolute atomic E-state index is 0.112. The summed E-state index contributed by atoms with van der Waals surface area (Å²) in [7, 11) is 0. The lowest BCUT2D eigenvalue weighted by Crippen LogP contribution is -2.52. The summed E-state index contributed by atoms with van der Waals surface area (Å²) in [5.74, 6) is -0.640. The van der Waals surface area contributed by atoms with E-state index >= 15 is 0 Å². The normalized spacial score (nSPS) is 17.2. The first-order chi connectivity index (χ1) is 12.4. The van der Waals surface area contributed by atoms with Crippen LogP contribution in [0.4, 0.5) is 5.00 Å². The van der Waals surface area contributed by atoms with Crippen molar-refractivity contribution in [3.8, 4) is 0 Å². The van der Waals surface area contributed by atoms with E-state index in [1.807, 2.05) is 13.8 Å². The summed E-state index contributed by atoms with van der Waals surface area (Å²) >= 11 is 2.98. The Kier molecular flexibility index (Phi) is 6.02. The van der Waals surface area contributed by atoms with Gasteiger partial charge in [-0.05, 0) is 25.3 Å². The summed E-state index contributed by atoms with van der Waals surface area (Å²) in [5.41, 5.74) is 6.80. The van der Waals surface area contributed by atoms with E-state index in [0.29, 0.717) is 10.6 Å². The van der Waals surface area contributed by atoms with Crippen molar-refractivity contribution >= 4 is 39.5 Å². The van der Waals surface area contributed by atoms with Crippen molar-refractivity contribution < 1.29 is 9.59 Å². The molecule has 1 atom stereocenters. The van der Waals surface area contributed by atoms with Gasteiger partial charge in [0, 0.05) is 38.1 Å². The first kappa shape index (κ1) is 19.0. The molecule has 0 unspecified atom stereocenters. The number of nitrogens with one attached hydrogen (secondary N) is 1. The molecule has 0 radical (unpaired) electrons. The number of thiophene rings is 1. The van der Waals surface area contributed by atoms with Crippen molar-refractivity contribution in [2.24, 2.45) is 5.73 Å². The average molecular weight is 394 g/mol. The number of carbonyl (C=O) groups is 2. The molecule has 0 bridgehead atoms. The lowest BCUT2D eigenvalue weighted by molar-refractivity contribution is -0.121. The molecule has 1 aliphatic heterocycles. The zero-order valence-corrected chi connectivity index (χ0v) is 16.5. The minimum Gasteiger partial charge on any atom is -0.366 e. The highest BCUT2D eigenvalue weighted by molar-refractivity contribution is 7.14. The highest BCUT2D eigenvalue weighted by Crippen LogP contribution is 2.23. The summed E-state index contributed by atoms with van der Waals surface area (Å²) < 4.78 is 0. The molecular formula is C17H23N5O2S2. The predicted octanol–water partition coefficient (Wildman–Crippen LogP) is 1.76. The van der Waals surface area contributed by atoms with E-state index in [0.717, 1.165) is 43.4 Å². The molecule has 3 rings (SSSR count). The minimum atomic E-state index is -0.528. The Bertz CT molecular complexity index is 780. The SMILES string of the molecule is Cc1nc(CN2CCN([C@H](C)C(=O)Nc3sccc3C(N)=O)CC2)cs1. The van der Waals surface area contributed by atoms with E-state index < -0.39 is 5.91 Å². The molecule has 3 heterocycles. The molecule has 2 aromatic heterocycles. The Balaban J connectivity index is 1.51. The first-order valence-corrected chi connectivity index (χ1v) is 10.3. The van der Waals surface area contributed by atoms with Crippen molar-refractivity contribution in [1.82, 2.24) is 14.8 Å². The molecule has 7 nitrogen and oxygen atoms in total. The third kappa shape index (κ3) is 4.47. The summed E-state index contributed by atoms with van der Waals surface area (Å²) in [6, 6.07) is 1.37. The van der Waals surface area contributed by atoms with Gasteiger partial charge in [-0.25, -0.2) is 4.98 Å². The second-order valence-electron chi connectivity index (χ2n) is 6.36. The van der Waals surface area contributed by atoms with E-state index in [2.05, 4.69) is 25.5 Å². The molecule has 26 heavy (non-hydrogen) atoms. The van der Waals surface area contributed by atoms with E-state index in [4.69, 9.17) is 5.73 Å². The topological polar surface area (TPSA) is 91.6 Å². The third-order valence-corrected chi connectivity index (χ3v) is 6.21. The van der Waals surface area contributed by atoms with Crippen LogP contribution in [0.5, 0.6) is 0 Å². The smallest absolute Gasteiger partial charge is 0.251 e. The number of nitrogens with two attached hydrogens (primary N) is 1. The van der Waals surface area contributed by atoms with Gasteiger partial charge in [-0.2, -0.15) is 0 Å². The fourth-order valence-corrected chi connectivity index (χ4v) is 4.40. The van der Waals surface area contributed by atoms with Gasteiger partial charge in [0.1, 0.15) is 5.00 Å². The van der Waals surface area contributed by atoms with Gasteiger partial charge in [0.25, 0.3) is 5.91 Å². The third-order valence-electron chi connectivity index (χ3n) is 4.55. The van der Waals surface area contributed by atoms with Gasteiger partial charge in [-0.15, -0.1) is 22.7 Å². The number of aryl methyl sites for hydroxylation is 1. The van der Waals surface area contributed by atoms with Crippen molar-refractivity contribution in [1.29, 1.82) is 0 Å². The van der Waals surface area contributed by atoms with Gasteiger partial charge < -0.3 is 11.1 Å². The molecule has 0 saturated carbocycles. The van der Waals surface area contributed by atoms with Crippen LogP contribution in [0.2, 0.25) is 0 Å². The maximum absolute atomic E-state index is 12.5. The standard InChI is InChI=1S/C17H23N5O2S2/c1-11(16(24)20-17-14(15(18)23)3-8-25-17)22-6-4-21(5-7-22)9-13-10-26-12(2)19-13/h3,8,10-11H,4-7,9H2,1-2H3,(H2,18,23)(H,20,24)/t11-/m1/s1. The van der Waals surface area contributed by atoms with Crippen LogP contribution in [0.15, 0.2) is 16.8 Å². The Labute approximate surface area is 160 Å². The quantitative estimate of drug-likeness (QED) is 0.780. The molecule has 1 aliphatic rings. The largest absolute Gasteiger partial charge is 0.366 e. The summed E-state index contributed by atoms with van der Waals surface area (Å²) in [5, 5.41) is 8.30. The van der Waals surface area contributed by atoms with Crippen molar-refractivity contribution in [3.63, 3.8) is 0 Å². The Morgan fingerprint density at radius 1 is 1.31 bits per heavy atom. The number of primary amides is 1. The van der Waals surface area contributed by atoms with Crippen molar-refractivity contribution in [3.05, 3.63) is 33.1 Å². The summed E-state index contributed by atoms with van der Waals surface area (Å²) in [4.78, 5) is 33.0. The van der Waals surface area contributed by atoms with Gasteiger partial charge in [-0.1, -0.05) is 0 Å². The second-order valence-corrected chi connectivity index (χ2v) is 8.34. The number of anilines is 1. The van der Waals surface area contributed by atoms with E-state index in [9.17, 15) is 9.59 Å². The Hall–Kier alpha value is -1.81. The molecule has 9 heteroatoms. The molecule has 1 saturated heterocycles. The van der Waals surface area contributed by atoms with E-state index in [1.54, 1.807) is 22.8 Å². The molecule has 1 fully saturated rings. The zero-order valence-electron chi connectivity index (χ0n) is 14.9. The van der Waals surface area contributed by atoms with Crippen LogP contribution in [0.1, 0.15) is 28.0 Å². The van der Waals surface area contributed by atoms with Crippen LogP contribution in [-0.2, 0) is 11.3 Å². The van der Waals surface area contributed by atoms with Crippen molar-refractivity contribution in [2.75, 3.05) is 31.5 Å². The number of rotatable bonds is 6. The molecule has 3 N–H and O–H groups in total. The summed E-state index contributed by atoms with van der Waals surface area (Å²) in [6.07, 6.45) is 0. The number of carbonyl (C=O) groups excluding carboxylic acids is 2. The van der Waals surface area contributed by atoms with Gasteiger partial charge in [0.05, 0.1) is 22.3 Å². The molecule has 2 amide bonds. The number of piperazine rings is 1. The number of aromatic nitrogens is 1. The Morgan fingerprint density at radius 2 is 2.04 bits per heavy atom. The lowest BCUT2D eigenvalue weighted by atomic mass is 10.2. The van der Waals surface area contributed by atoms with Gasteiger partial charge in [0.15, 0.2) is 0 Å². The fraction of sp³-hybridized carbons (Fsp3) is 0.471. The second kappa shape index (κ2) is 8.26. The van der Waals surface area contributed by atoms with Crippen LogP contribution in [0, 0.1) is 6.92 Å². The molecular weight excluding hydrogens is 370 g/mol. The van der Waals surface area contributed by atoms with Crippen LogP contribution in [-0.4, -0.2) is 58.8 Å². The molecule has 0 aromatic carbocycles. The fourth-order valence-electron chi connectivity index (χ4n) is 3.00. The van der Waals surface area contributed by atoms with E-state index in [-0.39, 0.29) is 11.9 Å². The highest BCUT2D eigenvalue weighted by atomic mass is 32.1. The number of thiazole rings is 1. The van der Waals surface area contributed by atoms with Crippen LogP contribution < -0.4 is 11.1 Å². The Morgan fingerprint density at radius 3 is 2.65 bits per heavy atom. The monoisotopic (exact) mass is 393 g/mol. The first-order valence-electron chi connectivity index (χ1n) is 8.49. The van der Waals surface area contributed by atoms with E-state index in [1.165, 1.54) is 11.3 Å². The number of hydrogen-bond donors (Lipinski definition) is 2. The number of hydrogen-bond acceptors (Lipinski definition) is 7. The highest BCUT2D eigenvalue weighted by Gasteiger charge is 2.26. The molecule has 0 aliphatic carbocycles. The predicted molar refractivity (Wildman–Crippen MR) is 105 cm³/mol. The maximum Gasteiger partial charge on any atom is 0.251 e. The zero-order chi connectivity index (χ0) is 18.7. The molecule has 0 spiro atoms. The van der Waals surface area contributed by atoms with Gasteiger partial charge in [-0.3, -0.25) is 19.4 Å². The van der Waals surface area contributed by atoms with Crippen LogP contribution >= 0.6 is 22.7 Å². The molecule has 2 aromatic rings. The van der Waals surface area contributed by atoms with Crippen LogP contribution in [0.3, 0.4) is 0 Å². The summed E-state index contributed by atoms with van der Waals surface area (Å²) in [6.45, 7) is 8.22. The van der Waals surface area contributed by atoms with Crippen molar-refractivity contribution in [2.45, 2.75) is 26.4 Å². The maximum atomic E-state index is 12.5. The van der Waals surface area contributed by atoms with Gasteiger partial charge in [0.2, 0.25) is 5.91 Å². The number of nitrogens with zero attached hydrogens (tertiary/aromatic N) is 3.